The van der Waals surface area contributed by atoms with Gasteiger partial charge >= 0.3 is 0 Å². The fraction of sp³-hybridized carbons (Fsp3) is 0.0909. The molecule has 3 aromatic rings. The van der Waals surface area contributed by atoms with Crippen molar-refractivity contribution in [1.82, 2.24) is 4.90 Å². The second kappa shape index (κ2) is 6.65. The quantitative estimate of drug-likeness (QED) is 0.498. The zero-order valence-corrected chi connectivity index (χ0v) is 15.6. The number of rotatable bonds is 3. The van der Waals surface area contributed by atoms with Gasteiger partial charge in [-0.05, 0) is 46.8 Å². The molecule has 0 bridgehead atoms. The number of imide groups is 1. The van der Waals surface area contributed by atoms with Gasteiger partial charge in [0.2, 0.25) is 6.79 Å². The van der Waals surface area contributed by atoms with Crippen LogP contribution in [0.3, 0.4) is 0 Å². The molecule has 138 valence electrons. The van der Waals surface area contributed by atoms with Crippen LogP contribution in [-0.2, 0) is 11.3 Å². The van der Waals surface area contributed by atoms with Crippen LogP contribution in [0.25, 0.3) is 11.6 Å². The van der Waals surface area contributed by atoms with Crippen LogP contribution in [-0.4, -0.2) is 23.5 Å². The molecular formula is C22H15NO4S. The minimum atomic E-state index is -0.297. The fourth-order valence-corrected chi connectivity index (χ4v) is 4.08. The zero-order valence-electron chi connectivity index (χ0n) is 14.8. The summed E-state index contributed by atoms with van der Waals surface area (Å²) in [5.41, 5.74) is 2.54. The molecule has 0 N–H and O–H groups in total. The lowest BCUT2D eigenvalue weighted by Gasteiger charge is -2.28. The maximum Gasteiger partial charge on any atom is 0.261 e. The highest BCUT2D eigenvalue weighted by molar-refractivity contribution is 7.11. The molecule has 2 amide bonds. The summed E-state index contributed by atoms with van der Waals surface area (Å²) >= 11 is 1.55. The van der Waals surface area contributed by atoms with Gasteiger partial charge < -0.3 is 9.47 Å². The molecule has 0 spiro atoms. The Balaban J connectivity index is 1.55. The van der Waals surface area contributed by atoms with Gasteiger partial charge in [0.1, 0.15) is 0 Å². The summed E-state index contributed by atoms with van der Waals surface area (Å²) in [6.45, 7) is 0.353. The Bertz CT molecular complexity index is 1120. The summed E-state index contributed by atoms with van der Waals surface area (Å²) in [6, 6.07) is 16.6. The van der Waals surface area contributed by atoms with Crippen molar-refractivity contribution in [2.75, 3.05) is 6.79 Å². The second-order valence-corrected chi connectivity index (χ2v) is 7.48. The smallest absolute Gasteiger partial charge is 0.261 e. The van der Waals surface area contributed by atoms with Crippen molar-refractivity contribution in [2.24, 2.45) is 0 Å². The number of carbonyl (C=O) groups is 2. The molecule has 3 heterocycles. The molecule has 5 rings (SSSR count). The minimum Gasteiger partial charge on any atom is -0.454 e. The maximum atomic E-state index is 13.2. The number of hydrogen-bond acceptors (Lipinski definition) is 5. The van der Waals surface area contributed by atoms with Gasteiger partial charge in [0.05, 0.1) is 6.54 Å². The molecule has 0 saturated heterocycles. The molecule has 1 aromatic heterocycles. The number of carbonyl (C=O) groups excluding carboxylic acids is 2. The minimum absolute atomic E-state index is 0.171. The molecule has 6 heteroatoms. The first-order chi connectivity index (χ1) is 13.7. The monoisotopic (exact) mass is 389 g/mol. The first kappa shape index (κ1) is 16.8. The Kier molecular flexibility index (Phi) is 3.98. The third kappa shape index (κ3) is 2.78. The molecule has 0 radical (unpaired) electrons. The standard InChI is InChI=1S/C22H15NO4S/c24-21-17-6-2-1-5-16(17)18(11-15-4-3-9-28-15)22(25)23(21)12-14-7-8-19-20(10-14)27-13-26-19/h1-11H,12-13H2. The largest absolute Gasteiger partial charge is 0.454 e. The summed E-state index contributed by atoms with van der Waals surface area (Å²) < 4.78 is 10.7. The Labute approximate surface area is 165 Å². The van der Waals surface area contributed by atoms with Crippen LogP contribution in [0.2, 0.25) is 0 Å². The van der Waals surface area contributed by atoms with Crippen molar-refractivity contribution in [2.45, 2.75) is 6.54 Å². The van der Waals surface area contributed by atoms with Crippen molar-refractivity contribution >= 4 is 34.8 Å². The average molecular weight is 389 g/mol. The number of ether oxygens (including phenoxy) is 2. The average Bonchev–Trinajstić information content (AvgIpc) is 3.40. The van der Waals surface area contributed by atoms with E-state index in [9.17, 15) is 9.59 Å². The molecule has 2 aromatic carbocycles. The number of hydrogen-bond donors (Lipinski definition) is 0. The first-order valence-corrected chi connectivity index (χ1v) is 9.68. The highest BCUT2D eigenvalue weighted by Gasteiger charge is 2.34. The van der Waals surface area contributed by atoms with E-state index in [0.717, 1.165) is 10.4 Å². The van der Waals surface area contributed by atoms with Crippen LogP contribution < -0.4 is 9.47 Å². The van der Waals surface area contributed by atoms with E-state index in [0.29, 0.717) is 28.2 Å². The molecule has 2 aliphatic rings. The fourth-order valence-electron chi connectivity index (χ4n) is 3.42. The second-order valence-electron chi connectivity index (χ2n) is 6.50. The van der Waals surface area contributed by atoms with Crippen molar-refractivity contribution in [3.05, 3.63) is 81.5 Å². The van der Waals surface area contributed by atoms with Crippen LogP contribution in [0.5, 0.6) is 11.5 Å². The molecule has 0 unspecified atom stereocenters. The van der Waals surface area contributed by atoms with Gasteiger partial charge in [-0.1, -0.05) is 30.3 Å². The number of fused-ring (bicyclic) bond motifs is 2. The third-order valence-electron chi connectivity index (χ3n) is 4.78. The number of thiophene rings is 1. The summed E-state index contributed by atoms with van der Waals surface area (Å²) in [6.07, 6.45) is 1.85. The van der Waals surface area contributed by atoms with E-state index in [1.165, 1.54) is 4.90 Å². The summed E-state index contributed by atoms with van der Waals surface area (Å²) in [5.74, 6) is 0.712. The molecule has 0 fully saturated rings. The summed E-state index contributed by atoms with van der Waals surface area (Å²) in [7, 11) is 0. The van der Waals surface area contributed by atoms with Crippen LogP contribution >= 0.6 is 11.3 Å². The van der Waals surface area contributed by atoms with Gasteiger partial charge in [0.15, 0.2) is 11.5 Å². The Hall–Kier alpha value is -3.38. The SMILES string of the molecule is O=C1C(=Cc2cccs2)c2ccccc2C(=O)N1Cc1ccc2c(c1)OCO2. The van der Waals surface area contributed by atoms with E-state index in [4.69, 9.17) is 9.47 Å². The molecule has 0 atom stereocenters. The number of amides is 2. The summed E-state index contributed by atoms with van der Waals surface area (Å²) in [5, 5.41) is 1.96. The molecule has 0 aliphatic carbocycles. The van der Waals surface area contributed by atoms with Gasteiger partial charge in [-0.25, -0.2) is 0 Å². The van der Waals surface area contributed by atoms with Gasteiger partial charge in [-0.2, -0.15) is 0 Å². The predicted molar refractivity (Wildman–Crippen MR) is 106 cm³/mol. The topological polar surface area (TPSA) is 55.8 Å². The Morgan fingerprint density at radius 2 is 1.75 bits per heavy atom. The maximum absolute atomic E-state index is 13.2. The van der Waals surface area contributed by atoms with Crippen LogP contribution in [0.15, 0.2) is 60.0 Å². The molecule has 5 nitrogen and oxygen atoms in total. The van der Waals surface area contributed by atoms with E-state index in [2.05, 4.69) is 0 Å². The van der Waals surface area contributed by atoms with Gasteiger partial charge in [-0.15, -0.1) is 11.3 Å². The van der Waals surface area contributed by atoms with Crippen LogP contribution in [0.4, 0.5) is 0 Å². The van der Waals surface area contributed by atoms with E-state index >= 15 is 0 Å². The van der Waals surface area contributed by atoms with E-state index in [1.54, 1.807) is 23.5 Å². The lowest BCUT2D eigenvalue weighted by Crippen LogP contribution is -2.41. The summed E-state index contributed by atoms with van der Waals surface area (Å²) in [4.78, 5) is 28.5. The Morgan fingerprint density at radius 3 is 2.57 bits per heavy atom. The Morgan fingerprint density at radius 1 is 0.929 bits per heavy atom. The van der Waals surface area contributed by atoms with E-state index in [1.807, 2.05) is 53.9 Å². The normalized spacial score (nSPS) is 16.6. The molecule has 0 saturated carbocycles. The third-order valence-corrected chi connectivity index (χ3v) is 5.60. The van der Waals surface area contributed by atoms with Crippen molar-refractivity contribution in [3.63, 3.8) is 0 Å². The van der Waals surface area contributed by atoms with Crippen molar-refractivity contribution < 1.29 is 19.1 Å². The van der Waals surface area contributed by atoms with Gasteiger partial charge in [0, 0.05) is 16.0 Å². The number of benzene rings is 2. The lowest BCUT2D eigenvalue weighted by molar-refractivity contribution is -0.123. The highest BCUT2D eigenvalue weighted by Crippen LogP contribution is 2.35. The van der Waals surface area contributed by atoms with Gasteiger partial charge in [-0.3, -0.25) is 14.5 Å². The van der Waals surface area contributed by atoms with E-state index < -0.39 is 0 Å². The van der Waals surface area contributed by atoms with Crippen LogP contribution in [0.1, 0.15) is 26.4 Å². The van der Waals surface area contributed by atoms with Crippen molar-refractivity contribution in [3.8, 4) is 11.5 Å². The first-order valence-electron chi connectivity index (χ1n) is 8.80. The highest BCUT2D eigenvalue weighted by atomic mass is 32.1. The number of nitrogens with zero attached hydrogens (tertiary/aromatic N) is 1. The van der Waals surface area contributed by atoms with Crippen LogP contribution in [0, 0.1) is 0 Å². The lowest BCUT2D eigenvalue weighted by atomic mass is 9.92. The van der Waals surface area contributed by atoms with Gasteiger partial charge in [0.25, 0.3) is 11.8 Å². The molecular weight excluding hydrogens is 374 g/mol. The van der Waals surface area contributed by atoms with Crippen molar-refractivity contribution in [1.29, 1.82) is 0 Å². The molecule has 28 heavy (non-hydrogen) atoms. The predicted octanol–water partition coefficient (Wildman–Crippen LogP) is 4.20. The molecule has 2 aliphatic heterocycles. The zero-order chi connectivity index (χ0) is 19.1. The van der Waals surface area contributed by atoms with E-state index in [-0.39, 0.29) is 25.2 Å².